The van der Waals surface area contributed by atoms with Crippen molar-refractivity contribution in [2.24, 2.45) is 5.92 Å². The number of pyridine rings is 1. The number of hydrogen-bond donors (Lipinski definition) is 2. The van der Waals surface area contributed by atoms with E-state index in [9.17, 15) is 5.11 Å². The minimum absolute atomic E-state index is 0.218. The molecule has 1 aromatic carbocycles. The lowest BCUT2D eigenvalue weighted by Crippen LogP contribution is -2.42. The summed E-state index contributed by atoms with van der Waals surface area (Å²) >= 11 is 0. The zero-order valence-electron chi connectivity index (χ0n) is 19.7. The van der Waals surface area contributed by atoms with Gasteiger partial charge in [-0.25, -0.2) is 4.98 Å². The van der Waals surface area contributed by atoms with Crippen LogP contribution >= 0.6 is 0 Å². The number of aliphatic hydroxyl groups excluding tert-OH is 1. The average molecular weight is 453 g/mol. The molecule has 1 aliphatic carbocycles. The van der Waals surface area contributed by atoms with Crippen LogP contribution in [-0.2, 0) is 16.0 Å². The maximum absolute atomic E-state index is 11.7. The first-order chi connectivity index (χ1) is 16.1. The summed E-state index contributed by atoms with van der Waals surface area (Å²) in [7, 11) is 0. The van der Waals surface area contributed by atoms with Gasteiger partial charge in [0.1, 0.15) is 12.0 Å². The summed E-state index contributed by atoms with van der Waals surface area (Å²) in [4.78, 5) is 9.11. The van der Waals surface area contributed by atoms with Gasteiger partial charge in [-0.05, 0) is 63.8 Å². The normalized spacial score (nSPS) is 24.0. The molecule has 7 heteroatoms. The molecule has 5 rings (SSSR count). The van der Waals surface area contributed by atoms with Crippen molar-refractivity contribution in [3.63, 3.8) is 0 Å². The summed E-state index contributed by atoms with van der Waals surface area (Å²) < 4.78 is 11.6. The highest BCUT2D eigenvalue weighted by molar-refractivity contribution is 5.81. The van der Waals surface area contributed by atoms with E-state index in [2.05, 4.69) is 58.2 Å². The van der Waals surface area contributed by atoms with Gasteiger partial charge in [0.2, 0.25) is 0 Å². The van der Waals surface area contributed by atoms with Crippen molar-refractivity contribution >= 4 is 22.9 Å². The molecule has 0 bridgehead atoms. The molecule has 3 heterocycles. The number of nitrogens with one attached hydrogen (secondary N) is 1. The van der Waals surface area contributed by atoms with Gasteiger partial charge in [0.05, 0.1) is 36.8 Å². The predicted octanol–water partition coefficient (Wildman–Crippen LogP) is 4.28. The van der Waals surface area contributed by atoms with Gasteiger partial charge in [-0.1, -0.05) is 6.07 Å². The lowest BCUT2D eigenvalue weighted by molar-refractivity contribution is -0.0340. The molecule has 1 unspecified atom stereocenters. The third-order valence-electron chi connectivity index (χ3n) is 7.08. The van der Waals surface area contributed by atoms with Gasteiger partial charge < -0.3 is 29.7 Å². The largest absolute Gasteiger partial charge is 0.378 e. The number of aromatic nitrogens is 1. The third-order valence-corrected chi connectivity index (χ3v) is 7.08. The molecule has 2 fully saturated rings. The van der Waals surface area contributed by atoms with Crippen LogP contribution in [0.25, 0.3) is 0 Å². The summed E-state index contributed by atoms with van der Waals surface area (Å²) in [6.07, 6.45) is 5.77. The van der Waals surface area contributed by atoms with Crippen LogP contribution in [0, 0.1) is 5.92 Å². The molecule has 1 aromatic heterocycles. The Morgan fingerprint density at radius 2 is 1.91 bits per heavy atom. The Labute approximate surface area is 196 Å². The molecule has 2 aromatic rings. The van der Waals surface area contributed by atoms with Gasteiger partial charge >= 0.3 is 0 Å². The Bertz CT molecular complexity index is 939. The molecular formula is C26H36N4O3. The molecule has 1 saturated heterocycles. The van der Waals surface area contributed by atoms with Crippen molar-refractivity contribution in [1.82, 2.24) is 4.98 Å². The van der Waals surface area contributed by atoms with Crippen molar-refractivity contribution in [3.8, 4) is 0 Å². The molecule has 7 nitrogen and oxygen atoms in total. The molecule has 2 aliphatic heterocycles. The van der Waals surface area contributed by atoms with Crippen molar-refractivity contribution in [2.75, 3.05) is 41.4 Å². The van der Waals surface area contributed by atoms with E-state index >= 15 is 0 Å². The second-order valence-corrected chi connectivity index (χ2v) is 9.70. The second kappa shape index (κ2) is 9.87. The highest BCUT2D eigenvalue weighted by atomic mass is 16.5. The van der Waals surface area contributed by atoms with Crippen molar-refractivity contribution in [3.05, 3.63) is 42.1 Å². The van der Waals surface area contributed by atoms with Gasteiger partial charge in [-0.3, -0.25) is 0 Å². The maximum atomic E-state index is 11.7. The Morgan fingerprint density at radius 3 is 2.67 bits per heavy atom. The first kappa shape index (κ1) is 22.4. The van der Waals surface area contributed by atoms with Crippen LogP contribution in [0.15, 0.2) is 36.5 Å². The Morgan fingerprint density at radius 1 is 1.12 bits per heavy atom. The van der Waals surface area contributed by atoms with Crippen LogP contribution in [0.4, 0.5) is 22.9 Å². The van der Waals surface area contributed by atoms with Crippen molar-refractivity contribution < 1.29 is 14.6 Å². The summed E-state index contributed by atoms with van der Waals surface area (Å²) in [6, 6.07) is 10.6. The first-order valence-electron chi connectivity index (χ1n) is 12.4. The van der Waals surface area contributed by atoms with Crippen LogP contribution in [0.1, 0.15) is 45.1 Å². The zero-order chi connectivity index (χ0) is 22.8. The van der Waals surface area contributed by atoms with E-state index in [0.29, 0.717) is 12.6 Å². The van der Waals surface area contributed by atoms with E-state index in [4.69, 9.17) is 9.47 Å². The zero-order valence-corrected chi connectivity index (χ0v) is 19.7. The van der Waals surface area contributed by atoms with Crippen molar-refractivity contribution in [2.45, 2.75) is 64.5 Å². The van der Waals surface area contributed by atoms with E-state index in [1.165, 1.54) is 5.69 Å². The summed E-state index contributed by atoms with van der Waals surface area (Å²) in [5.74, 6) is 1.08. The van der Waals surface area contributed by atoms with Gasteiger partial charge in [0.15, 0.2) is 0 Å². The number of aliphatic hydroxyl groups is 1. The fourth-order valence-electron chi connectivity index (χ4n) is 5.35. The number of hydrogen-bond acceptors (Lipinski definition) is 7. The fourth-order valence-corrected chi connectivity index (χ4v) is 5.35. The predicted molar refractivity (Wildman–Crippen MR) is 131 cm³/mol. The SMILES string of the molecule is CC(C)OC1CCC(C(O)N2Cc3cccnc3Nc3ccc(N4CCOCC4)cc32)CC1. The smallest absolute Gasteiger partial charge is 0.135 e. The van der Waals surface area contributed by atoms with Crippen LogP contribution in [-0.4, -0.2) is 54.8 Å². The Hall–Kier alpha value is -2.35. The Balaban J connectivity index is 1.43. The van der Waals surface area contributed by atoms with E-state index in [0.717, 1.165) is 74.7 Å². The number of anilines is 4. The van der Waals surface area contributed by atoms with Crippen LogP contribution in [0.3, 0.4) is 0 Å². The Kier molecular flexibility index (Phi) is 6.71. The molecule has 178 valence electrons. The fraction of sp³-hybridized carbons (Fsp3) is 0.577. The number of ether oxygens (including phenoxy) is 2. The standard InChI is InChI=1S/C26H36N4O3/c1-18(2)33-22-8-5-19(6-9-22)26(31)30-17-20-4-3-11-27-25(20)28-23-10-7-21(16-24(23)30)29-12-14-32-15-13-29/h3-4,7,10-11,16,18-19,22,26,31H,5-6,8-9,12-15,17H2,1-2H3,(H,27,28). The number of benzene rings is 1. The lowest BCUT2D eigenvalue weighted by atomic mass is 9.85. The number of rotatable bonds is 5. The minimum atomic E-state index is -0.559. The average Bonchev–Trinajstić information content (AvgIpc) is 3.00. The van der Waals surface area contributed by atoms with Crippen LogP contribution < -0.4 is 15.1 Å². The van der Waals surface area contributed by atoms with E-state index in [1.54, 1.807) is 0 Å². The topological polar surface area (TPSA) is 70.1 Å². The monoisotopic (exact) mass is 452 g/mol. The van der Waals surface area contributed by atoms with Gasteiger partial charge in [-0.15, -0.1) is 0 Å². The molecule has 2 N–H and O–H groups in total. The maximum Gasteiger partial charge on any atom is 0.135 e. The molecule has 0 amide bonds. The molecular weight excluding hydrogens is 416 g/mol. The summed E-state index contributed by atoms with van der Waals surface area (Å²) in [6.45, 7) is 8.09. The minimum Gasteiger partial charge on any atom is -0.378 e. The number of morpholine rings is 1. The quantitative estimate of drug-likeness (QED) is 0.702. The molecule has 1 atom stereocenters. The molecule has 3 aliphatic rings. The highest BCUT2D eigenvalue weighted by Crippen LogP contribution is 2.41. The molecule has 0 spiro atoms. The van der Waals surface area contributed by atoms with Gasteiger partial charge in [0.25, 0.3) is 0 Å². The number of nitrogens with zero attached hydrogens (tertiary/aromatic N) is 3. The van der Waals surface area contributed by atoms with Crippen LogP contribution in [0.2, 0.25) is 0 Å². The summed E-state index contributed by atoms with van der Waals surface area (Å²) in [5.41, 5.74) is 4.28. The summed E-state index contributed by atoms with van der Waals surface area (Å²) in [5, 5.41) is 15.2. The van der Waals surface area contributed by atoms with Crippen LogP contribution in [0.5, 0.6) is 0 Å². The van der Waals surface area contributed by atoms with Gasteiger partial charge in [0, 0.05) is 43.0 Å². The second-order valence-electron chi connectivity index (χ2n) is 9.70. The molecule has 33 heavy (non-hydrogen) atoms. The van der Waals surface area contributed by atoms with E-state index in [1.807, 2.05) is 12.3 Å². The highest BCUT2D eigenvalue weighted by Gasteiger charge is 2.33. The number of fused-ring (bicyclic) bond motifs is 2. The van der Waals surface area contributed by atoms with Crippen molar-refractivity contribution in [1.29, 1.82) is 0 Å². The van der Waals surface area contributed by atoms with E-state index < -0.39 is 6.23 Å². The van der Waals surface area contributed by atoms with Gasteiger partial charge in [-0.2, -0.15) is 0 Å². The molecule has 0 radical (unpaired) electrons. The van der Waals surface area contributed by atoms with E-state index in [-0.39, 0.29) is 12.0 Å². The third kappa shape index (κ3) is 4.95. The lowest BCUT2D eigenvalue weighted by Gasteiger charge is -2.39. The molecule has 1 saturated carbocycles. The first-order valence-corrected chi connectivity index (χ1v) is 12.4.